The van der Waals surface area contributed by atoms with Gasteiger partial charge in [-0.25, -0.2) is 9.29 Å². The Bertz CT molecular complexity index is 1180. The van der Waals surface area contributed by atoms with Crippen molar-refractivity contribution in [3.63, 3.8) is 0 Å². The number of halogens is 1. The molecule has 0 aromatic heterocycles. The number of ketones is 1. The standard InChI is InChI=1S/C23H20FN3O6/c1-33-17-11-14(27(31)32)8-9-15(17)26-22(29)18-16-3-2-10-25(16)20(19(18)23(26)30)21(28)12-4-6-13(24)7-5-12/h4-9,11,16,18-20H,2-3,10H2,1H3/t16-,18-,19-,20-/m0/s1. The molecule has 2 aromatic rings. The fourth-order valence-corrected chi connectivity index (χ4v) is 5.50. The van der Waals surface area contributed by atoms with Crippen molar-refractivity contribution >= 4 is 29.0 Å². The van der Waals surface area contributed by atoms with E-state index in [1.807, 2.05) is 4.90 Å². The van der Waals surface area contributed by atoms with Gasteiger partial charge in [-0.05, 0) is 49.7 Å². The van der Waals surface area contributed by atoms with Crippen LogP contribution in [-0.4, -0.2) is 53.2 Å². The Kier molecular flexibility index (Phi) is 4.97. The molecule has 0 unspecified atom stereocenters. The molecule has 0 N–H and O–H groups in total. The molecule has 0 saturated carbocycles. The summed E-state index contributed by atoms with van der Waals surface area (Å²) in [7, 11) is 1.30. The SMILES string of the molecule is COc1cc([N+](=O)[O-])ccc1N1C(=O)[C@@H]2[C@H](C1=O)[C@@H](C(=O)c1ccc(F)cc1)N1CCC[C@@H]21. The van der Waals surface area contributed by atoms with E-state index in [1.165, 1.54) is 43.5 Å². The van der Waals surface area contributed by atoms with Crippen LogP contribution < -0.4 is 9.64 Å². The van der Waals surface area contributed by atoms with Crippen LogP contribution in [0, 0.1) is 27.8 Å². The summed E-state index contributed by atoms with van der Waals surface area (Å²) < 4.78 is 18.6. The molecule has 0 radical (unpaired) electrons. The fourth-order valence-electron chi connectivity index (χ4n) is 5.50. The Morgan fingerprint density at radius 1 is 1.12 bits per heavy atom. The number of hydrogen-bond acceptors (Lipinski definition) is 7. The molecule has 170 valence electrons. The number of benzene rings is 2. The predicted octanol–water partition coefficient (Wildman–Crippen LogP) is 2.58. The number of non-ortho nitro benzene ring substituents is 1. The third-order valence-corrected chi connectivity index (χ3v) is 6.86. The zero-order chi connectivity index (χ0) is 23.4. The van der Waals surface area contributed by atoms with Gasteiger partial charge in [0.05, 0.1) is 41.7 Å². The number of carbonyl (C=O) groups excluding carboxylic acids is 3. The van der Waals surface area contributed by atoms with Crippen molar-refractivity contribution in [3.05, 3.63) is 64.0 Å². The molecule has 2 aromatic carbocycles. The quantitative estimate of drug-likeness (QED) is 0.296. The summed E-state index contributed by atoms with van der Waals surface area (Å²) >= 11 is 0. The molecular formula is C23H20FN3O6. The third-order valence-electron chi connectivity index (χ3n) is 6.86. The van der Waals surface area contributed by atoms with Crippen LogP contribution >= 0.6 is 0 Å². The lowest BCUT2D eigenvalue weighted by Gasteiger charge is -2.28. The van der Waals surface area contributed by atoms with Gasteiger partial charge in [0, 0.05) is 17.7 Å². The van der Waals surface area contributed by atoms with E-state index in [0.29, 0.717) is 13.0 Å². The first-order valence-corrected chi connectivity index (χ1v) is 10.6. The summed E-state index contributed by atoms with van der Waals surface area (Å²) in [5.41, 5.74) is 0.158. The minimum Gasteiger partial charge on any atom is -0.494 e. The van der Waals surface area contributed by atoms with E-state index in [9.17, 15) is 28.9 Å². The summed E-state index contributed by atoms with van der Waals surface area (Å²) in [6, 6.07) is 7.74. The van der Waals surface area contributed by atoms with Crippen molar-refractivity contribution < 1.29 is 28.4 Å². The molecule has 0 aliphatic carbocycles. The minimum atomic E-state index is -0.889. The normalized spacial score (nSPS) is 26.4. The number of hydrogen-bond donors (Lipinski definition) is 0. The van der Waals surface area contributed by atoms with Gasteiger partial charge in [-0.1, -0.05) is 0 Å². The molecule has 3 aliphatic heterocycles. The van der Waals surface area contributed by atoms with Crippen LogP contribution in [0.2, 0.25) is 0 Å². The lowest BCUT2D eigenvalue weighted by Crippen LogP contribution is -2.46. The van der Waals surface area contributed by atoms with Crippen molar-refractivity contribution in [2.75, 3.05) is 18.6 Å². The van der Waals surface area contributed by atoms with E-state index in [1.54, 1.807) is 0 Å². The number of anilines is 1. The van der Waals surface area contributed by atoms with Crippen LogP contribution in [0.25, 0.3) is 0 Å². The molecule has 5 rings (SSSR count). The van der Waals surface area contributed by atoms with Crippen molar-refractivity contribution in [1.29, 1.82) is 0 Å². The Morgan fingerprint density at radius 2 is 1.82 bits per heavy atom. The number of carbonyl (C=O) groups is 3. The second kappa shape index (κ2) is 7.73. The maximum atomic E-state index is 13.6. The van der Waals surface area contributed by atoms with Crippen LogP contribution in [0.5, 0.6) is 5.75 Å². The van der Waals surface area contributed by atoms with Crippen LogP contribution in [0.3, 0.4) is 0 Å². The molecule has 3 aliphatic rings. The highest BCUT2D eigenvalue weighted by Crippen LogP contribution is 2.49. The van der Waals surface area contributed by atoms with Gasteiger partial charge in [0.1, 0.15) is 11.6 Å². The zero-order valence-electron chi connectivity index (χ0n) is 17.6. The molecule has 9 nitrogen and oxygen atoms in total. The summed E-state index contributed by atoms with van der Waals surface area (Å²) in [6.07, 6.45) is 1.47. The summed E-state index contributed by atoms with van der Waals surface area (Å²) in [5, 5.41) is 11.1. The average molecular weight is 453 g/mol. The van der Waals surface area contributed by atoms with Crippen LogP contribution in [0.1, 0.15) is 23.2 Å². The predicted molar refractivity (Wildman–Crippen MR) is 113 cm³/mol. The number of fused-ring (bicyclic) bond motifs is 3. The molecule has 3 saturated heterocycles. The Balaban J connectivity index is 1.55. The first-order chi connectivity index (χ1) is 15.8. The topological polar surface area (TPSA) is 110 Å². The number of Topliss-reactive ketones (excluding diaryl/α,β-unsaturated/α-hetero) is 1. The smallest absolute Gasteiger partial charge is 0.273 e. The Hall–Kier alpha value is -3.66. The van der Waals surface area contributed by atoms with Crippen molar-refractivity contribution in [3.8, 4) is 5.75 Å². The van der Waals surface area contributed by atoms with Gasteiger partial charge < -0.3 is 4.74 Å². The van der Waals surface area contributed by atoms with Gasteiger partial charge in [-0.3, -0.25) is 29.4 Å². The molecule has 0 spiro atoms. The number of imide groups is 1. The number of nitro groups is 1. The van der Waals surface area contributed by atoms with Gasteiger partial charge in [-0.2, -0.15) is 0 Å². The van der Waals surface area contributed by atoms with Gasteiger partial charge in [0.25, 0.3) is 5.69 Å². The molecular weight excluding hydrogens is 433 g/mol. The number of amides is 2. The van der Waals surface area contributed by atoms with Gasteiger partial charge in [0.15, 0.2) is 5.78 Å². The van der Waals surface area contributed by atoms with E-state index in [0.717, 1.165) is 17.4 Å². The van der Waals surface area contributed by atoms with Crippen LogP contribution in [0.4, 0.5) is 15.8 Å². The van der Waals surface area contributed by atoms with Gasteiger partial charge in [0.2, 0.25) is 11.8 Å². The number of nitro benzene ring substituents is 1. The number of ether oxygens (including phenoxy) is 1. The highest BCUT2D eigenvalue weighted by molar-refractivity contribution is 6.25. The first kappa shape index (κ1) is 21.2. The molecule has 33 heavy (non-hydrogen) atoms. The second-order valence-electron chi connectivity index (χ2n) is 8.44. The highest BCUT2D eigenvalue weighted by Gasteiger charge is 2.65. The second-order valence-corrected chi connectivity index (χ2v) is 8.44. The molecule has 2 amide bonds. The largest absolute Gasteiger partial charge is 0.494 e. The van der Waals surface area contributed by atoms with Crippen molar-refractivity contribution in [2.24, 2.45) is 11.8 Å². The van der Waals surface area contributed by atoms with E-state index in [4.69, 9.17) is 4.74 Å². The first-order valence-electron chi connectivity index (χ1n) is 10.6. The lowest BCUT2D eigenvalue weighted by atomic mass is 9.85. The molecule has 3 heterocycles. The van der Waals surface area contributed by atoms with E-state index >= 15 is 0 Å². The molecule has 3 fully saturated rings. The summed E-state index contributed by atoms with van der Waals surface area (Å²) in [5.74, 6) is -3.34. The lowest BCUT2D eigenvalue weighted by molar-refractivity contribution is -0.384. The minimum absolute atomic E-state index is 0.0237. The van der Waals surface area contributed by atoms with Crippen LogP contribution in [0.15, 0.2) is 42.5 Å². The van der Waals surface area contributed by atoms with Gasteiger partial charge in [-0.15, -0.1) is 0 Å². The van der Waals surface area contributed by atoms with E-state index in [-0.39, 0.29) is 34.5 Å². The maximum absolute atomic E-state index is 13.6. The van der Waals surface area contributed by atoms with Gasteiger partial charge >= 0.3 is 0 Å². The Labute approximate surface area is 187 Å². The van der Waals surface area contributed by atoms with Crippen molar-refractivity contribution in [2.45, 2.75) is 24.9 Å². The van der Waals surface area contributed by atoms with Crippen molar-refractivity contribution in [1.82, 2.24) is 4.90 Å². The molecule has 4 atom stereocenters. The number of rotatable bonds is 5. The average Bonchev–Trinajstić information content (AvgIpc) is 3.45. The van der Waals surface area contributed by atoms with E-state index in [2.05, 4.69) is 0 Å². The molecule has 0 bridgehead atoms. The summed E-state index contributed by atoms with van der Waals surface area (Å²) in [4.78, 5) is 54.0. The number of methoxy groups -OCH3 is 1. The Morgan fingerprint density at radius 3 is 2.48 bits per heavy atom. The fraction of sp³-hybridized carbons (Fsp3) is 0.348. The maximum Gasteiger partial charge on any atom is 0.273 e. The zero-order valence-corrected chi connectivity index (χ0v) is 17.6. The number of nitrogens with zero attached hydrogens (tertiary/aromatic N) is 3. The monoisotopic (exact) mass is 453 g/mol. The highest BCUT2D eigenvalue weighted by atomic mass is 19.1. The van der Waals surface area contributed by atoms with E-state index < -0.39 is 40.4 Å². The summed E-state index contributed by atoms with van der Waals surface area (Å²) in [6.45, 7) is 0.594. The third kappa shape index (κ3) is 3.12. The molecule has 10 heteroatoms. The van der Waals surface area contributed by atoms with Crippen LogP contribution in [-0.2, 0) is 9.59 Å².